The number of hydrogen-bond acceptors (Lipinski definition) is 2. The minimum absolute atomic E-state index is 0.855. The van der Waals surface area contributed by atoms with Gasteiger partial charge >= 0.3 is 0 Å². The number of nitrogens with two attached hydrogens (primary N) is 2. The zero-order valence-electron chi connectivity index (χ0n) is 9.52. The van der Waals surface area contributed by atoms with Crippen molar-refractivity contribution >= 4 is 0 Å². The minimum Gasteiger partial charge on any atom is -0.330 e. The maximum Gasteiger partial charge on any atom is -0.00773 e. The molecule has 0 spiro atoms. The Morgan fingerprint density at radius 2 is 1.00 bits per heavy atom. The van der Waals surface area contributed by atoms with Crippen molar-refractivity contribution in [3.63, 3.8) is 0 Å². The maximum atomic E-state index is 5.27. The first-order chi connectivity index (χ1) is 6.33. The molecule has 0 atom stereocenters. The summed E-state index contributed by atoms with van der Waals surface area (Å²) in [5.41, 5.74) is 10.5. The predicted molar refractivity (Wildman–Crippen MR) is 61.8 cm³/mol. The Bertz CT molecular complexity index is 57.1. The van der Waals surface area contributed by atoms with Crippen LogP contribution >= 0.6 is 0 Å². The molecule has 0 heterocycles. The molecule has 0 aliphatic heterocycles. The molecule has 0 aliphatic carbocycles. The summed E-state index contributed by atoms with van der Waals surface area (Å²) in [5.74, 6) is 0. The van der Waals surface area contributed by atoms with E-state index in [1.54, 1.807) is 0 Å². The standard InChI is InChI=1S/C6H15N.C5H13N/c1-2-3-4-5-6-7;1-2-3-4-5-6/h2-7H2,1H3;2-6H2,1H3. The Labute approximate surface area is 84.1 Å². The predicted octanol–water partition coefficient (Wildman–Crippen LogP) is 2.66. The first-order valence-electron chi connectivity index (χ1n) is 5.73. The van der Waals surface area contributed by atoms with Crippen molar-refractivity contribution in [2.45, 2.75) is 58.8 Å². The van der Waals surface area contributed by atoms with Crippen LogP contribution in [0.5, 0.6) is 0 Å². The lowest BCUT2D eigenvalue weighted by molar-refractivity contribution is 0.674. The van der Waals surface area contributed by atoms with E-state index < -0.39 is 0 Å². The molecule has 0 aromatic heterocycles. The Morgan fingerprint density at radius 3 is 1.31 bits per heavy atom. The quantitative estimate of drug-likeness (QED) is 0.603. The normalized spacial score (nSPS) is 9.23. The molecule has 0 unspecified atom stereocenters. The fourth-order valence-electron chi connectivity index (χ4n) is 0.965. The number of hydrogen-bond donors (Lipinski definition) is 2. The van der Waals surface area contributed by atoms with Crippen molar-refractivity contribution in [2.24, 2.45) is 11.5 Å². The smallest absolute Gasteiger partial charge is 0.00773 e. The topological polar surface area (TPSA) is 52.0 Å². The molecule has 0 amide bonds. The van der Waals surface area contributed by atoms with Crippen LogP contribution < -0.4 is 11.5 Å². The first-order valence-corrected chi connectivity index (χ1v) is 5.73. The van der Waals surface area contributed by atoms with Crippen LogP contribution in [0.3, 0.4) is 0 Å². The van der Waals surface area contributed by atoms with Crippen LogP contribution in [-0.4, -0.2) is 13.1 Å². The summed E-state index contributed by atoms with van der Waals surface area (Å²) >= 11 is 0. The molecule has 0 bridgehead atoms. The van der Waals surface area contributed by atoms with E-state index >= 15 is 0 Å². The van der Waals surface area contributed by atoms with Gasteiger partial charge in [0.1, 0.15) is 0 Å². The van der Waals surface area contributed by atoms with E-state index in [2.05, 4.69) is 13.8 Å². The van der Waals surface area contributed by atoms with Crippen LogP contribution in [0.2, 0.25) is 0 Å². The lowest BCUT2D eigenvalue weighted by Crippen LogP contribution is -1.97. The molecule has 2 heteroatoms. The van der Waals surface area contributed by atoms with Crippen LogP contribution in [0.1, 0.15) is 58.8 Å². The molecule has 0 radical (unpaired) electrons. The molecule has 0 fully saturated rings. The molecule has 0 aliphatic rings. The van der Waals surface area contributed by atoms with Gasteiger partial charge in [0.05, 0.1) is 0 Å². The maximum absolute atomic E-state index is 5.27. The fourth-order valence-corrected chi connectivity index (χ4v) is 0.965. The monoisotopic (exact) mass is 188 g/mol. The Morgan fingerprint density at radius 1 is 0.615 bits per heavy atom. The van der Waals surface area contributed by atoms with Gasteiger partial charge in [-0.25, -0.2) is 0 Å². The first kappa shape index (κ1) is 15.4. The van der Waals surface area contributed by atoms with Gasteiger partial charge in [0.15, 0.2) is 0 Å². The second-order valence-electron chi connectivity index (χ2n) is 3.35. The number of rotatable bonds is 7. The van der Waals surface area contributed by atoms with E-state index in [1.807, 2.05) is 0 Å². The highest BCUT2D eigenvalue weighted by Gasteiger charge is 1.80. The van der Waals surface area contributed by atoms with E-state index in [9.17, 15) is 0 Å². The third-order valence-electron chi connectivity index (χ3n) is 1.87. The van der Waals surface area contributed by atoms with E-state index in [-0.39, 0.29) is 0 Å². The van der Waals surface area contributed by atoms with Crippen LogP contribution in [0, 0.1) is 0 Å². The summed E-state index contributed by atoms with van der Waals surface area (Å²) in [5, 5.41) is 0. The average Bonchev–Trinajstić information content (AvgIpc) is 2.17. The van der Waals surface area contributed by atoms with E-state index in [1.165, 1.54) is 44.9 Å². The van der Waals surface area contributed by atoms with Gasteiger partial charge in [-0.3, -0.25) is 0 Å². The van der Waals surface area contributed by atoms with Crippen LogP contribution in [-0.2, 0) is 0 Å². The van der Waals surface area contributed by atoms with E-state index in [4.69, 9.17) is 11.5 Å². The van der Waals surface area contributed by atoms with Crippen molar-refractivity contribution < 1.29 is 0 Å². The van der Waals surface area contributed by atoms with Crippen molar-refractivity contribution in [2.75, 3.05) is 13.1 Å². The van der Waals surface area contributed by atoms with Crippen molar-refractivity contribution in [1.82, 2.24) is 0 Å². The van der Waals surface area contributed by atoms with E-state index in [0.29, 0.717) is 0 Å². The van der Waals surface area contributed by atoms with Crippen molar-refractivity contribution in [1.29, 1.82) is 0 Å². The largest absolute Gasteiger partial charge is 0.330 e. The highest BCUT2D eigenvalue weighted by Crippen LogP contribution is 1.95. The second kappa shape index (κ2) is 17.9. The van der Waals surface area contributed by atoms with Gasteiger partial charge in [-0.2, -0.15) is 0 Å². The highest BCUT2D eigenvalue weighted by molar-refractivity contribution is 4.38. The third kappa shape index (κ3) is 24.5. The molecule has 0 saturated carbocycles. The van der Waals surface area contributed by atoms with Gasteiger partial charge in [0, 0.05) is 0 Å². The van der Waals surface area contributed by atoms with Crippen molar-refractivity contribution in [3.05, 3.63) is 0 Å². The van der Waals surface area contributed by atoms with Crippen LogP contribution in [0.4, 0.5) is 0 Å². The molecular formula is C11H28N2. The summed E-state index contributed by atoms with van der Waals surface area (Å²) in [6.45, 7) is 6.10. The number of unbranched alkanes of at least 4 members (excludes halogenated alkanes) is 5. The lowest BCUT2D eigenvalue weighted by Gasteiger charge is -1.90. The molecule has 0 aromatic carbocycles. The Kier molecular flexibility index (Phi) is 21.2. The molecule has 13 heavy (non-hydrogen) atoms. The molecule has 2 nitrogen and oxygen atoms in total. The molecular weight excluding hydrogens is 160 g/mol. The Balaban J connectivity index is 0. The zero-order chi connectivity index (χ0) is 10.4. The molecule has 0 aromatic rings. The summed E-state index contributed by atoms with van der Waals surface area (Å²) in [7, 11) is 0. The van der Waals surface area contributed by atoms with E-state index in [0.717, 1.165) is 13.1 Å². The zero-order valence-corrected chi connectivity index (χ0v) is 9.52. The van der Waals surface area contributed by atoms with Gasteiger partial charge in [-0.1, -0.05) is 46.0 Å². The summed E-state index contributed by atoms with van der Waals surface area (Å²) < 4.78 is 0. The Hall–Kier alpha value is -0.0800. The molecule has 0 rings (SSSR count). The fraction of sp³-hybridized carbons (Fsp3) is 1.00. The second-order valence-corrected chi connectivity index (χ2v) is 3.35. The van der Waals surface area contributed by atoms with Crippen LogP contribution in [0.25, 0.3) is 0 Å². The summed E-state index contributed by atoms with van der Waals surface area (Å²) in [6, 6.07) is 0. The average molecular weight is 188 g/mol. The van der Waals surface area contributed by atoms with Gasteiger partial charge in [-0.05, 0) is 25.9 Å². The lowest BCUT2D eigenvalue weighted by atomic mass is 10.2. The third-order valence-corrected chi connectivity index (χ3v) is 1.87. The highest BCUT2D eigenvalue weighted by atomic mass is 14.5. The molecule has 4 N–H and O–H groups in total. The van der Waals surface area contributed by atoms with Crippen LogP contribution in [0.15, 0.2) is 0 Å². The SMILES string of the molecule is CCCCCCN.CCCCCN. The summed E-state index contributed by atoms with van der Waals surface area (Å²) in [4.78, 5) is 0. The minimum atomic E-state index is 0.855. The van der Waals surface area contributed by atoms with Crippen molar-refractivity contribution in [3.8, 4) is 0 Å². The van der Waals surface area contributed by atoms with Gasteiger partial charge < -0.3 is 11.5 Å². The summed E-state index contributed by atoms with van der Waals surface area (Å²) in [6.07, 6.45) is 8.92. The van der Waals surface area contributed by atoms with Gasteiger partial charge in [0.25, 0.3) is 0 Å². The van der Waals surface area contributed by atoms with Gasteiger partial charge in [-0.15, -0.1) is 0 Å². The molecule has 0 saturated heterocycles. The molecule has 82 valence electrons. The van der Waals surface area contributed by atoms with Gasteiger partial charge in [0.2, 0.25) is 0 Å².